The molecule has 3 rings (SSSR count). The van der Waals surface area contributed by atoms with Gasteiger partial charge in [-0.05, 0) is 57.0 Å². The van der Waals surface area contributed by atoms with E-state index < -0.39 is 15.4 Å². The zero-order chi connectivity index (χ0) is 21.2. The number of fused-ring (bicyclic) bond motifs is 1. The molecule has 1 N–H and O–H groups in total. The van der Waals surface area contributed by atoms with Crippen LogP contribution >= 0.6 is 0 Å². The van der Waals surface area contributed by atoms with Crippen LogP contribution < -0.4 is 14.4 Å². The zero-order valence-electron chi connectivity index (χ0n) is 17.4. The molecule has 0 spiro atoms. The smallest absolute Gasteiger partial charge is 0.261 e. The van der Waals surface area contributed by atoms with Gasteiger partial charge in [-0.15, -0.1) is 0 Å². The van der Waals surface area contributed by atoms with Crippen LogP contribution in [0, 0.1) is 5.41 Å². The summed E-state index contributed by atoms with van der Waals surface area (Å²) in [6, 6.07) is 11.9. The maximum Gasteiger partial charge on any atom is 0.261 e. The molecular formula is C22H28N2O4S. The van der Waals surface area contributed by atoms with Crippen molar-refractivity contribution in [3.05, 3.63) is 48.0 Å². The third kappa shape index (κ3) is 4.40. The van der Waals surface area contributed by atoms with Crippen molar-refractivity contribution >= 4 is 27.3 Å². The lowest BCUT2D eigenvalue weighted by Crippen LogP contribution is -2.42. The van der Waals surface area contributed by atoms with Crippen molar-refractivity contribution in [2.45, 2.75) is 45.4 Å². The summed E-state index contributed by atoms with van der Waals surface area (Å²) in [5, 5.41) is 0. The number of rotatable bonds is 6. The number of hydrogen-bond donors (Lipinski definition) is 1. The number of hydrogen-bond acceptors (Lipinski definition) is 4. The molecule has 0 atom stereocenters. The summed E-state index contributed by atoms with van der Waals surface area (Å²) in [6.45, 7) is 8.41. The molecule has 0 saturated heterocycles. The second-order valence-electron chi connectivity index (χ2n) is 7.90. The number of benzene rings is 2. The van der Waals surface area contributed by atoms with Gasteiger partial charge in [0.2, 0.25) is 5.91 Å². The van der Waals surface area contributed by atoms with Crippen molar-refractivity contribution in [3.63, 3.8) is 0 Å². The first-order valence-corrected chi connectivity index (χ1v) is 11.4. The van der Waals surface area contributed by atoms with Gasteiger partial charge in [0.1, 0.15) is 12.4 Å². The van der Waals surface area contributed by atoms with Crippen LogP contribution in [0.1, 0.15) is 39.7 Å². The highest BCUT2D eigenvalue weighted by atomic mass is 32.2. The Balaban J connectivity index is 1.88. The summed E-state index contributed by atoms with van der Waals surface area (Å²) in [6.07, 6.45) is 1.92. The fourth-order valence-corrected chi connectivity index (χ4v) is 4.41. The minimum absolute atomic E-state index is 0.0146. The highest BCUT2D eigenvalue weighted by Crippen LogP contribution is 2.38. The first-order valence-electron chi connectivity index (χ1n) is 9.88. The molecule has 0 aliphatic carbocycles. The number of nitrogens with zero attached hydrogens (tertiary/aromatic N) is 1. The topological polar surface area (TPSA) is 75.7 Å². The van der Waals surface area contributed by atoms with Crippen LogP contribution in [-0.2, 0) is 21.2 Å². The minimum atomic E-state index is -3.72. The lowest BCUT2D eigenvalue weighted by atomic mass is 9.93. The molecular weight excluding hydrogens is 388 g/mol. The molecule has 0 fully saturated rings. The highest BCUT2D eigenvalue weighted by molar-refractivity contribution is 7.92. The Bertz CT molecular complexity index is 998. The second-order valence-corrected chi connectivity index (χ2v) is 9.59. The molecule has 0 radical (unpaired) electrons. The Morgan fingerprint density at radius 1 is 1.10 bits per heavy atom. The van der Waals surface area contributed by atoms with Gasteiger partial charge in [-0.3, -0.25) is 9.52 Å². The van der Waals surface area contributed by atoms with E-state index in [-0.39, 0.29) is 17.4 Å². The molecule has 0 aromatic heterocycles. The SMILES string of the molecule is CCCc1ccc(S(=O)(=O)Nc2ccc3c(c2)OCC(C)(C)C(=O)N3CC)cc1. The number of nitrogens with one attached hydrogen (secondary N) is 1. The fourth-order valence-electron chi connectivity index (χ4n) is 3.36. The summed E-state index contributed by atoms with van der Waals surface area (Å²) < 4.78 is 34.0. The average Bonchev–Trinajstić information content (AvgIpc) is 2.77. The standard InChI is InChI=1S/C22H28N2O4S/c1-5-7-16-8-11-18(12-9-16)29(26,27)23-17-10-13-19-20(14-17)28-15-22(3,4)21(25)24(19)6-2/h8-14,23H,5-7,15H2,1-4H3. The van der Waals surface area contributed by atoms with Crippen molar-refractivity contribution in [3.8, 4) is 5.75 Å². The van der Waals surface area contributed by atoms with Crippen molar-refractivity contribution < 1.29 is 17.9 Å². The molecule has 2 aromatic rings. The van der Waals surface area contributed by atoms with Crippen molar-refractivity contribution in [2.75, 3.05) is 22.8 Å². The molecule has 1 heterocycles. The molecule has 1 aliphatic rings. The van der Waals surface area contributed by atoms with E-state index in [0.29, 0.717) is 23.7 Å². The summed E-state index contributed by atoms with van der Waals surface area (Å²) in [5.74, 6) is 0.475. The molecule has 29 heavy (non-hydrogen) atoms. The van der Waals surface area contributed by atoms with Gasteiger partial charge >= 0.3 is 0 Å². The predicted molar refractivity (Wildman–Crippen MR) is 115 cm³/mol. The zero-order valence-corrected chi connectivity index (χ0v) is 18.2. The number of carbonyl (C=O) groups excluding carboxylic acids is 1. The van der Waals surface area contributed by atoms with Crippen molar-refractivity contribution in [1.82, 2.24) is 0 Å². The van der Waals surface area contributed by atoms with Gasteiger partial charge in [0.25, 0.3) is 10.0 Å². The third-order valence-electron chi connectivity index (χ3n) is 5.00. The van der Waals surface area contributed by atoms with E-state index in [1.807, 2.05) is 32.9 Å². The van der Waals surface area contributed by atoms with E-state index in [4.69, 9.17) is 4.74 Å². The molecule has 6 nitrogen and oxygen atoms in total. The molecule has 0 unspecified atom stereocenters. The van der Waals surface area contributed by atoms with Gasteiger partial charge in [0.05, 0.1) is 21.7 Å². The normalized spacial score (nSPS) is 16.0. The number of ether oxygens (including phenoxy) is 1. The lowest BCUT2D eigenvalue weighted by Gasteiger charge is -2.26. The number of amides is 1. The Labute approximate surface area is 172 Å². The molecule has 7 heteroatoms. The Hall–Kier alpha value is -2.54. The third-order valence-corrected chi connectivity index (χ3v) is 6.40. The molecule has 0 bridgehead atoms. The van der Waals surface area contributed by atoms with Gasteiger partial charge in [-0.25, -0.2) is 8.42 Å². The Kier molecular flexibility index (Phi) is 5.89. The largest absolute Gasteiger partial charge is 0.490 e. The van der Waals surface area contributed by atoms with Crippen molar-refractivity contribution in [2.24, 2.45) is 5.41 Å². The van der Waals surface area contributed by atoms with Gasteiger partial charge in [0, 0.05) is 12.6 Å². The van der Waals surface area contributed by atoms with E-state index in [2.05, 4.69) is 11.6 Å². The summed E-state index contributed by atoms with van der Waals surface area (Å²) in [4.78, 5) is 14.6. The molecule has 2 aromatic carbocycles. The first kappa shape index (κ1) is 21.2. The van der Waals surface area contributed by atoms with Crippen LogP contribution in [-0.4, -0.2) is 27.5 Å². The lowest BCUT2D eigenvalue weighted by molar-refractivity contribution is -0.127. The number of sulfonamides is 1. The van der Waals surface area contributed by atoms with Crippen molar-refractivity contribution in [1.29, 1.82) is 0 Å². The van der Waals surface area contributed by atoms with Crippen LogP contribution in [0.2, 0.25) is 0 Å². The number of anilines is 2. The van der Waals surface area contributed by atoms with Crippen LogP contribution in [0.4, 0.5) is 11.4 Å². The maximum absolute atomic E-state index is 12.8. The van der Waals surface area contributed by atoms with E-state index in [9.17, 15) is 13.2 Å². The molecule has 0 saturated carbocycles. The molecule has 1 aliphatic heterocycles. The number of aryl methyl sites for hydroxylation is 1. The van der Waals surface area contributed by atoms with E-state index in [0.717, 1.165) is 18.4 Å². The average molecular weight is 417 g/mol. The van der Waals surface area contributed by atoms with Crippen LogP contribution in [0.15, 0.2) is 47.4 Å². The van der Waals surface area contributed by atoms with Gasteiger partial charge < -0.3 is 9.64 Å². The minimum Gasteiger partial charge on any atom is -0.490 e. The van der Waals surface area contributed by atoms with Gasteiger partial charge in [-0.2, -0.15) is 0 Å². The van der Waals surface area contributed by atoms with E-state index in [1.165, 1.54) is 0 Å². The Morgan fingerprint density at radius 3 is 2.41 bits per heavy atom. The van der Waals surface area contributed by atoms with Gasteiger partial charge in [-0.1, -0.05) is 25.5 Å². The van der Waals surface area contributed by atoms with Crippen LogP contribution in [0.25, 0.3) is 0 Å². The predicted octanol–water partition coefficient (Wildman–Crippen LogP) is 4.21. The second kappa shape index (κ2) is 8.06. The summed E-state index contributed by atoms with van der Waals surface area (Å²) >= 11 is 0. The fraction of sp³-hybridized carbons (Fsp3) is 0.409. The quantitative estimate of drug-likeness (QED) is 0.765. The molecule has 1 amide bonds. The Morgan fingerprint density at radius 2 is 1.79 bits per heavy atom. The first-order chi connectivity index (χ1) is 13.7. The van der Waals surface area contributed by atoms with E-state index >= 15 is 0 Å². The highest BCUT2D eigenvalue weighted by Gasteiger charge is 2.37. The monoisotopic (exact) mass is 416 g/mol. The van der Waals surface area contributed by atoms with E-state index in [1.54, 1.807) is 35.2 Å². The summed E-state index contributed by atoms with van der Waals surface area (Å²) in [7, 11) is -3.72. The maximum atomic E-state index is 12.8. The number of carbonyl (C=O) groups is 1. The van der Waals surface area contributed by atoms with Gasteiger partial charge in [0.15, 0.2) is 0 Å². The molecule has 156 valence electrons. The van der Waals surface area contributed by atoms with Crippen LogP contribution in [0.5, 0.6) is 5.75 Å². The summed E-state index contributed by atoms with van der Waals surface area (Å²) in [5.41, 5.74) is 1.49. The van der Waals surface area contributed by atoms with Crippen LogP contribution in [0.3, 0.4) is 0 Å².